The zero-order valence-electron chi connectivity index (χ0n) is 20.2. The van der Waals surface area contributed by atoms with Crippen LogP contribution in [0.15, 0.2) is 47.4 Å². The summed E-state index contributed by atoms with van der Waals surface area (Å²) in [7, 11) is -1.50. The second kappa shape index (κ2) is 10.2. The van der Waals surface area contributed by atoms with Crippen molar-refractivity contribution in [1.29, 1.82) is 0 Å². The van der Waals surface area contributed by atoms with E-state index < -0.39 is 10.0 Å². The maximum atomic E-state index is 12.8. The number of ether oxygens (including phenoxy) is 1. The predicted molar refractivity (Wildman–Crippen MR) is 130 cm³/mol. The summed E-state index contributed by atoms with van der Waals surface area (Å²) >= 11 is 0. The van der Waals surface area contributed by atoms with Gasteiger partial charge in [-0.25, -0.2) is 8.42 Å². The molecule has 1 N–H and O–H groups in total. The van der Waals surface area contributed by atoms with E-state index >= 15 is 0 Å². The first kappa shape index (κ1) is 25.2. The number of nitrogens with one attached hydrogen (secondary N) is 1. The van der Waals surface area contributed by atoms with E-state index in [1.165, 1.54) is 4.31 Å². The lowest BCUT2D eigenvalue weighted by Gasteiger charge is -2.31. The highest BCUT2D eigenvalue weighted by molar-refractivity contribution is 7.89. The summed E-state index contributed by atoms with van der Waals surface area (Å²) in [5.41, 5.74) is 2.94. The molecule has 3 rings (SSSR count). The van der Waals surface area contributed by atoms with Crippen molar-refractivity contribution in [2.75, 3.05) is 39.8 Å². The first-order valence-electron chi connectivity index (χ1n) is 11.2. The standard InChI is InChI=1S/C25H35N3O4S/c1-19-6-11-23(22(16-19)25(2,3)4)32-18-24(29)26-17-20-7-9-21(10-8-20)33(30,31)28-14-12-27(5)13-15-28/h6-11,16H,12-15,17-18H2,1-5H3,(H,26,29). The Labute approximate surface area is 197 Å². The molecular formula is C25H35N3O4S. The monoisotopic (exact) mass is 473 g/mol. The zero-order valence-corrected chi connectivity index (χ0v) is 21.0. The van der Waals surface area contributed by atoms with Crippen LogP contribution in [0.3, 0.4) is 0 Å². The van der Waals surface area contributed by atoms with Crippen LogP contribution in [0.2, 0.25) is 0 Å². The molecule has 1 aliphatic rings. The minimum absolute atomic E-state index is 0.0813. The van der Waals surface area contributed by atoms with E-state index in [1.54, 1.807) is 24.3 Å². The molecule has 0 aromatic heterocycles. The molecule has 0 unspecified atom stereocenters. The van der Waals surface area contributed by atoms with Gasteiger partial charge in [-0.15, -0.1) is 0 Å². The number of amides is 1. The first-order valence-corrected chi connectivity index (χ1v) is 12.7. The molecule has 1 heterocycles. The number of carbonyl (C=O) groups is 1. The second-order valence-corrected chi connectivity index (χ2v) is 11.6. The van der Waals surface area contributed by atoms with Gasteiger partial charge in [-0.3, -0.25) is 4.79 Å². The number of hydrogen-bond donors (Lipinski definition) is 1. The number of sulfonamides is 1. The molecule has 0 saturated carbocycles. The third kappa shape index (κ3) is 6.56. The van der Waals surface area contributed by atoms with Crippen LogP contribution >= 0.6 is 0 Å². The van der Waals surface area contributed by atoms with Crippen LogP contribution in [0.4, 0.5) is 0 Å². The number of carbonyl (C=O) groups excluding carboxylic acids is 1. The van der Waals surface area contributed by atoms with Gasteiger partial charge in [0.05, 0.1) is 4.90 Å². The third-order valence-electron chi connectivity index (χ3n) is 5.81. The summed E-state index contributed by atoms with van der Waals surface area (Å²) in [5, 5.41) is 2.84. The average Bonchev–Trinajstić information content (AvgIpc) is 2.77. The lowest BCUT2D eigenvalue weighted by atomic mass is 9.85. The third-order valence-corrected chi connectivity index (χ3v) is 7.73. The number of piperazine rings is 1. The molecule has 0 spiro atoms. The molecule has 0 bridgehead atoms. The molecule has 1 amide bonds. The number of likely N-dealkylation sites (N-methyl/N-ethyl adjacent to an activating group) is 1. The summed E-state index contributed by atoms with van der Waals surface area (Å²) < 4.78 is 33.0. The number of rotatable bonds is 7. The number of nitrogens with zero attached hydrogens (tertiary/aromatic N) is 2. The molecule has 33 heavy (non-hydrogen) atoms. The number of hydrogen-bond acceptors (Lipinski definition) is 5. The van der Waals surface area contributed by atoms with Crippen molar-refractivity contribution in [3.05, 3.63) is 59.2 Å². The maximum absolute atomic E-state index is 12.8. The average molecular weight is 474 g/mol. The lowest BCUT2D eigenvalue weighted by molar-refractivity contribution is -0.123. The van der Waals surface area contributed by atoms with E-state index in [1.807, 2.05) is 26.1 Å². The van der Waals surface area contributed by atoms with E-state index in [-0.39, 0.29) is 22.8 Å². The normalized spacial score (nSPS) is 15.9. The molecule has 0 aliphatic carbocycles. The van der Waals surface area contributed by atoms with Crippen LogP contribution in [0.25, 0.3) is 0 Å². The van der Waals surface area contributed by atoms with Gasteiger partial charge in [0.25, 0.3) is 5.91 Å². The molecule has 1 aliphatic heterocycles. The lowest BCUT2D eigenvalue weighted by Crippen LogP contribution is -2.47. The van der Waals surface area contributed by atoms with Crippen LogP contribution in [0, 0.1) is 6.92 Å². The van der Waals surface area contributed by atoms with Crippen molar-refractivity contribution in [3.63, 3.8) is 0 Å². The van der Waals surface area contributed by atoms with Crippen LogP contribution in [-0.4, -0.2) is 63.4 Å². The Morgan fingerprint density at radius 3 is 2.27 bits per heavy atom. The largest absolute Gasteiger partial charge is 0.483 e. The molecule has 2 aromatic rings. The Balaban J connectivity index is 1.54. The van der Waals surface area contributed by atoms with Crippen molar-refractivity contribution in [2.24, 2.45) is 0 Å². The topological polar surface area (TPSA) is 78.9 Å². The van der Waals surface area contributed by atoms with Gasteiger partial charge in [-0.1, -0.05) is 50.6 Å². The molecule has 0 atom stereocenters. The summed E-state index contributed by atoms with van der Waals surface area (Å²) in [6.07, 6.45) is 0. The Bertz CT molecular complexity index is 1070. The van der Waals surface area contributed by atoms with Crippen molar-refractivity contribution >= 4 is 15.9 Å². The summed E-state index contributed by atoms with van der Waals surface area (Å²) in [6, 6.07) is 12.7. The van der Waals surface area contributed by atoms with Gasteiger partial charge in [0, 0.05) is 32.7 Å². The van der Waals surface area contributed by atoms with Gasteiger partial charge < -0.3 is 15.0 Å². The smallest absolute Gasteiger partial charge is 0.258 e. The van der Waals surface area contributed by atoms with Crippen molar-refractivity contribution in [1.82, 2.24) is 14.5 Å². The number of benzene rings is 2. The quantitative estimate of drug-likeness (QED) is 0.669. The van der Waals surface area contributed by atoms with Gasteiger partial charge in [-0.05, 0) is 48.7 Å². The molecule has 0 radical (unpaired) electrons. The minimum atomic E-state index is -3.49. The van der Waals surface area contributed by atoms with Gasteiger partial charge in [0.15, 0.2) is 6.61 Å². The first-order chi connectivity index (χ1) is 15.5. The fraction of sp³-hybridized carbons (Fsp3) is 0.480. The number of aryl methyl sites for hydroxylation is 1. The maximum Gasteiger partial charge on any atom is 0.258 e. The highest BCUT2D eigenvalue weighted by Crippen LogP contribution is 2.32. The van der Waals surface area contributed by atoms with Crippen molar-refractivity contribution in [2.45, 2.75) is 44.6 Å². The SMILES string of the molecule is Cc1ccc(OCC(=O)NCc2ccc(S(=O)(=O)N3CCN(C)CC3)cc2)c(C(C)(C)C)c1. The van der Waals surface area contributed by atoms with Crippen LogP contribution in [0.1, 0.15) is 37.5 Å². The van der Waals surface area contributed by atoms with Gasteiger partial charge in [0.1, 0.15) is 5.75 Å². The molecule has 1 fully saturated rings. The Morgan fingerprint density at radius 2 is 1.67 bits per heavy atom. The van der Waals surface area contributed by atoms with E-state index in [9.17, 15) is 13.2 Å². The molecule has 180 valence electrons. The summed E-state index contributed by atoms with van der Waals surface area (Å²) in [6.45, 7) is 11.0. The van der Waals surface area contributed by atoms with E-state index in [0.717, 1.165) is 29.8 Å². The predicted octanol–water partition coefficient (Wildman–Crippen LogP) is 2.92. The molecular weight excluding hydrogens is 438 g/mol. The summed E-state index contributed by atoms with van der Waals surface area (Å²) in [4.78, 5) is 14.7. The fourth-order valence-electron chi connectivity index (χ4n) is 3.71. The zero-order chi connectivity index (χ0) is 24.2. The van der Waals surface area contributed by atoms with Crippen LogP contribution in [0.5, 0.6) is 5.75 Å². The highest BCUT2D eigenvalue weighted by Gasteiger charge is 2.27. The van der Waals surface area contributed by atoms with Gasteiger partial charge in [0.2, 0.25) is 10.0 Å². The minimum Gasteiger partial charge on any atom is -0.483 e. The fourth-order valence-corrected chi connectivity index (χ4v) is 5.13. The highest BCUT2D eigenvalue weighted by atomic mass is 32.2. The molecule has 1 saturated heterocycles. The Morgan fingerprint density at radius 1 is 1.03 bits per heavy atom. The molecule has 7 nitrogen and oxygen atoms in total. The Kier molecular flexibility index (Phi) is 7.82. The Hall–Kier alpha value is -2.42. The molecule has 2 aromatic carbocycles. The van der Waals surface area contributed by atoms with E-state index in [0.29, 0.717) is 25.4 Å². The molecule has 8 heteroatoms. The summed E-state index contributed by atoms with van der Waals surface area (Å²) in [5.74, 6) is 0.478. The second-order valence-electron chi connectivity index (χ2n) is 9.67. The van der Waals surface area contributed by atoms with Crippen molar-refractivity contribution in [3.8, 4) is 5.75 Å². The van der Waals surface area contributed by atoms with Crippen LogP contribution < -0.4 is 10.1 Å². The van der Waals surface area contributed by atoms with E-state index in [4.69, 9.17) is 4.74 Å². The van der Waals surface area contributed by atoms with Gasteiger partial charge >= 0.3 is 0 Å². The van der Waals surface area contributed by atoms with Gasteiger partial charge in [-0.2, -0.15) is 4.31 Å². The van der Waals surface area contributed by atoms with Crippen LogP contribution in [-0.2, 0) is 26.8 Å². The van der Waals surface area contributed by atoms with E-state index in [2.05, 4.69) is 37.1 Å². The van der Waals surface area contributed by atoms with Crippen molar-refractivity contribution < 1.29 is 17.9 Å².